The van der Waals surface area contributed by atoms with E-state index in [9.17, 15) is 18.8 Å². The van der Waals surface area contributed by atoms with Gasteiger partial charge in [-0.1, -0.05) is 0 Å². The fourth-order valence-corrected chi connectivity index (χ4v) is 2.60. The van der Waals surface area contributed by atoms with E-state index in [4.69, 9.17) is 5.11 Å². The summed E-state index contributed by atoms with van der Waals surface area (Å²) in [5, 5.41) is 8.84. The summed E-state index contributed by atoms with van der Waals surface area (Å²) in [6.07, 6.45) is 3.38. The molecule has 6 nitrogen and oxygen atoms in total. The van der Waals surface area contributed by atoms with Gasteiger partial charge in [-0.2, -0.15) is 0 Å². The van der Waals surface area contributed by atoms with Crippen LogP contribution < -0.4 is 11.2 Å². The van der Waals surface area contributed by atoms with Crippen molar-refractivity contribution >= 4 is 5.97 Å². The Balaban J connectivity index is 2.11. The maximum absolute atomic E-state index is 13.1. The number of aromatic nitrogens is 2. The Hall–Kier alpha value is -2.70. The molecule has 1 aromatic carbocycles. The molecule has 3 rings (SSSR count). The Morgan fingerprint density at radius 2 is 1.88 bits per heavy atom. The number of rotatable bonds is 6. The molecule has 1 fully saturated rings. The topological polar surface area (TPSA) is 81.3 Å². The van der Waals surface area contributed by atoms with Gasteiger partial charge in [-0.25, -0.2) is 13.8 Å². The Kier molecular flexibility index (Phi) is 4.33. The number of nitrogens with zero attached hydrogens (tertiary/aromatic N) is 2. The highest BCUT2D eigenvalue weighted by Gasteiger charge is 2.24. The SMILES string of the molecule is O=C(O)CCc1cn(CC2CC2)c(=O)n(-c2ccc(F)cc2)c1=O. The zero-order valence-corrected chi connectivity index (χ0v) is 12.9. The Morgan fingerprint density at radius 1 is 1.21 bits per heavy atom. The van der Waals surface area contributed by atoms with Crippen molar-refractivity contribution in [1.82, 2.24) is 9.13 Å². The smallest absolute Gasteiger partial charge is 0.335 e. The standard InChI is InChI=1S/C17H17FN2O4/c18-13-4-6-14(7-5-13)20-16(23)12(3-8-15(21)22)10-19(17(20)24)9-11-1-2-11/h4-7,10-11H,1-3,8-9H2,(H,21,22). The Labute approximate surface area is 136 Å². The second-order valence-electron chi connectivity index (χ2n) is 6.04. The van der Waals surface area contributed by atoms with Gasteiger partial charge >= 0.3 is 11.7 Å². The number of carbonyl (C=O) groups is 1. The van der Waals surface area contributed by atoms with E-state index in [-0.39, 0.29) is 24.1 Å². The van der Waals surface area contributed by atoms with Gasteiger partial charge < -0.3 is 5.11 Å². The molecule has 0 aliphatic heterocycles. The molecule has 24 heavy (non-hydrogen) atoms. The highest BCUT2D eigenvalue weighted by molar-refractivity contribution is 5.67. The van der Waals surface area contributed by atoms with Crippen molar-refractivity contribution in [2.24, 2.45) is 5.92 Å². The van der Waals surface area contributed by atoms with Gasteiger partial charge in [0.25, 0.3) is 5.56 Å². The van der Waals surface area contributed by atoms with Crippen molar-refractivity contribution in [3.8, 4) is 5.69 Å². The van der Waals surface area contributed by atoms with E-state index >= 15 is 0 Å². The van der Waals surface area contributed by atoms with Gasteiger partial charge in [0.1, 0.15) is 5.82 Å². The molecule has 126 valence electrons. The molecule has 1 N–H and O–H groups in total. The molecule has 1 aromatic heterocycles. The highest BCUT2D eigenvalue weighted by atomic mass is 19.1. The molecule has 0 bridgehead atoms. The second-order valence-corrected chi connectivity index (χ2v) is 6.04. The first-order valence-corrected chi connectivity index (χ1v) is 7.79. The summed E-state index contributed by atoms with van der Waals surface area (Å²) in [4.78, 5) is 36.0. The van der Waals surface area contributed by atoms with E-state index in [2.05, 4.69) is 0 Å². The van der Waals surface area contributed by atoms with Crippen molar-refractivity contribution in [2.75, 3.05) is 0 Å². The summed E-state index contributed by atoms with van der Waals surface area (Å²) in [5.74, 6) is -1.07. The average Bonchev–Trinajstić information content (AvgIpc) is 3.35. The minimum absolute atomic E-state index is 0.0420. The summed E-state index contributed by atoms with van der Waals surface area (Å²) in [7, 11) is 0. The lowest BCUT2D eigenvalue weighted by Gasteiger charge is -2.12. The number of carboxylic acids is 1. The van der Waals surface area contributed by atoms with E-state index in [1.807, 2.05) is 0 Å². The number of hydrogen-bond acceptors (Lipinski definition) is 3. The van der Waals surface area contributed by atoms with Gasteiger partial charge in [-0.3, -0.25) is 14.2 Å². The molecule has 0 amide bonds. The van der Waals surface area contributed by atoms with Gasteiger partial charge in [-0.15, -0.1) is 0 Å². The third kappa shape index (κ3) is 3.45. The Morgan fingerprint density at radius 3 is 2.46 bits per heavy atom. The summed E-state index contributed by atoms with van der Waals surface area (Å²) in [6, 6.07) is 5.08. The molecule has 0 unspecified atom stereocenters. The molecule has 0 saturated heterocycles. The van der Waals surface area contributed by atoms with Gasteiger partial charge in [-0.05, 0) is 49.4 Å². The predicted octanol–water partition coefficient (Wildman–Crippen LogP) is 1.57. The molecule has 0 spiro atoms. The van der Waals surface area contributed by atoms with Gasteiger partial charge in [0.15, 0.2) is 0 Å². The molecular weight excluding hydrogens is 315 g/mol. The monoisotopic (exact) mass is 332 g/mol. The number of carboxylic acid groups (broad SMARTS) is 1. The van der Waals surface area contributed by atoms with Crippen LogP contribution in [0.3, 0.4) is 0 Å². The van der Waals surface area contributed by atoms with Crippen LogP contribution in [0.15, 0.2) is 40.1 Å². The summed E-state index contributed by atoms with van der Waals surface area (Å²) < 4.78 is 15.6. The minimum Gasteiger partial charge on any atom is -0.481 e. The van der Waals surface area contributed by atoms with Crippen LogP contribution in [0.1, 0.15) is 24.8 Å². The van der Waals surface area contributed by atoms with E-state index in [1.165, 1.54) is 35.0 Å². The van der Waals surface area contributed by atoms with Crippen molar-refractivity contribution in [2.45, 2.75) is 32.2 Å². The maximum Gasteiger partial charge on any atom is 0.335 e. The molecule has 1 aliphatic rings. The molecule has 1 aliphatic carbocycles. The third-order valence-corrected chi connectivity index (χ3v) is 4.07. The number of hydrogen-bond donors (Lipinski definition) is 1. The van der Waals surface area contributed by atoms with E-state index in [1.54, 1.807) is 0 Å². The average molecular weight is 332 g/mol. The lowest BCUT2D eigenvalue weighted by Crippen LogP contribution is -2.40. The summed E-state index contributed by atoms with van der Waals surface area (Å²) in [6.45, 7) is 0.500. The zero-order chi connectivity index (χ0) is 17.3. The van der Waals surface area contributed by atoms with Crippen LogP contribution in [0, 0.1) is 11.7 Å². The van der Waals surface area contributed by atoms with Crippen LogP contribution in [0.2, 0.25) is 0 Å². The van der Waals surface area contributed by atoms with Crippen molar-refractivity contribution in [1.29, 1.82) is 0 Å². The van der Waals surface area contributed by atoms with Crippen LogP contribution in [-0.4, -0.2) is 20.2 Å². The maximum atomic E-state index is 13.1. The minimum atomic E-state index is -1.01. The lowest BCUT2D eigenvalue weighted by molar-refractivity contribution is -0.136. The molecule has 0 atom stereocenters. The Bertz CT molecular complexity index is 879. The van der Waals surface area contributed by atoms with E-state index < -0.39 is 23.0 Å². The summed E-state index contributed by atoms with van der Waals surface area (Å²) in [5.41, 5.74) is -0.507. The van der Waals surface area contributed by atoms with Gasteiger partial charge in [0.2, 0.25) is 0 Å². The fourth-order valence-electron chi connectivity index (χ4n) is 2.60. The molecule has 7 heteroatoms. The third-order valence-electron chi connectivity index (χ3n) is 4.07. The fraction of sp³-hybridized carbons (Fsp3) is 0.353. The predicted molar refractivity (Wildman–Crippen MR) is 84.9 cm³/mol. The van der Waals surface area contributed by atoms with E-state index in [0.717, 1.165) is 17.4 Å². The molecule has 1 saturated carbocycles. The van der Waals surface area contributed by atoms with Crippen LogP contribution >= 0.6 is 0 Å². The molecule has 0 radical (unpaired) electrons. The van der Waals surface area contributed by atoms with Crippen molar-refractivity contribution in [3.05, 3.63) is 62.7 Å². The summed E-state index contributed by atoms with van der Waals surface area (Å²) >= 11 is 0. The number of benzene rings is 1. The number of aryl methyl sites for hydroxylation is 1. The van der Waals surface area contributed by atoms with Crippen LogP contribution in [0.5, 0.6) is 0 Å². The van der Waals surface area contributed by atoms with Crippen LogP contribution in [0.25, 0.3) is 5.69 Å². The molecular formula is C17H17FN2O4. The number of aliphatic carboxylic acids is 1. The van der Waals surface area contributed by atoms with E-state index in [0.29, 0.717) is 12.5 Å². The molecule has 2 aromatic rings. The quantitative estimate of drug-likeness (QED) is 0.870. The van der Waals surface area contributed by atoms with Crippen molar-refractivity contribution in [3.63, 3.8) is 0 Å². The normalized spacial score (nSPS) is 13.9. The highest BCUT2D eigenvalue weighted by Crippen LogP contribution is 2.30. The zero-order valence-electron chi connectivity index (χ0n) is 12.9. The second kappa shape index (κ2) is 6.43. The van der Waals surface area contributed by atoms with Crippen LogP contribution in [-0.2, 0) is 17.8 Å². The lowest BCUT2D eigenvalue weighted by atomic mass is 10.2. The first-order chi connectivity index (χ1) is 11.5. The number of halogens is 1. The first kappa shape index (κ1) is 16.2. The van der Waals surface area contributed by atoms with Crippen molar-refractivity contribution < 1.29 is 14.3 Å². The molecule has 1 heterocycles. The largest absolute Gasteiger partial charge is 0.481 e. The van der Waals surface area contributed by atoms with Gasteiger partial charge in [0.05, 0.1) is 5.69 Å². The first-order valence-electron chi connectivity index (χ1n) is 7.79. The van der Waals surface area contributed by atoms with Gasteiger partial charge in [0, 0.05) is 24.7 Å². The van der Waals surface area contributed by atoms with Crippen LogP contribution in [0.4, 0.5) is 4.39 Å².